The van der Waals surface area contributed by atoms with Gasteiger partial charge in [-0.25, -0.2) is 0 Å². The van der Waals surface area contributed by atoms with Crippen molar-refractivity contribution < 1.29 is 0 Å². The predicted molar refractivity (Wildman–Crippen MR) is 286 cm³/mol. The summed E-state index contributed by atoms with van der Waals surface area (Å²) in [6.45, 7) is 0. The molecule has 0 radical (unpaired) electrons. The lowest BCUT2D eigenvalue weighted by Gasteiger charge is -2.29. The van der Waals surface area contributed by atoms with Crippen LogP contribution in [0.5, 0.6) is 0 Å². The molecule has 67 heavy (non-hydrogen) atoms. The first kappa shape index (κ1) is 38.5. The SMILES string of the molecule is c1ccc(N(c2ccc(N(c3ccc(-c4ccc5c(c4)c4ccccc4n5-c4ccccc4)cc3)c3ccc4c5ccccc5c5ccccc5c4c3)cc2)c2ccc3ccccc3c2)cc1. The smallest absolute Gasteiger partial charge is 0.0541 e. The number of hydrogen-bond acceptors (Lipinski definition) is 2. The lowest BCUT2D eigenvalue weighted by Crippen LogP contribution is -2.12. The minimum absolute atomic E-state index is 1.07. The maximum atomic E-state index is 2.40. The Kier molecular flexibility index (Phi) is 9.17. The molecule has 0 saturated heterocycles. The van der Waals surface area contributed by atoms with Crippen molar-refractivity contribution in [2.75, 3.05) is 9.80 Å². The summed E-state index contributed by atoms with van der Waals surface area (Å²) in [7, 11) is 0. The van der Waals surface area contributed by atoms with Crippen LogP contribution in [-0.4, -0.2) is 4.57 Å². The quantitative estimate of drug-likeness (QED) is 0.141. The Bertz CT molecular complexity index is 3930. The molecule has 0 aliphatic heterocycles. The largest absolute Gasteiger partial charge is 0.310 e. The van der Waals surface area contributed by atoms with Crippen LogP contribution in [0.15, 0.2) is 261 Å². The topological polar surface area (TPSA) is 11.4 Å². The van der Waals surface area contributed by atoms with E-state index in [4.69, 9.17) is 0 Å². The van der Waals surface area contributed by atoms with Crippen LogP contribution in [0.1, 0.15) is 0 Å². The molecule has 0 fully saturated rings. The molecule has 0 atom stereocenters. The zero-order valence-corrected chi connectivity index (χ0v) is 36.7. The maximum Gasteiger partial charge on any atom is 0.0541 e. The maximum absolute atomic E-state index is 2.40. The average Bonchev–Trinajstić information content (AvgIpc) is 3.74. The molecule has 314 valence electrons. The normalized spacial score (nSPS) is 11.6. The van der Waals surface area contributed by atoms with Gasteiger partial charge in [0, 0.05) is 50.6 Å². The van der Waals surface area contributed by atoms with Crippen molar-refractivity contribution in [3.63, 3.8) is 0 Å². The van der Waals surface area contributed by atoms with Gasteiger partial charge in [-0.3, -0.25) is 0 Å². The molecule has 13 aromatic rings. The van der Waals surface area contributed by atoms with Crippen LogP contribution in [-0.2, 0) is 0 Å². The molecule has 0 saturated carbocycles. The van der Waals surface area contributed by atoms with Gasteiger partial charge in [0.15, 0.2) is 0 Å². The van der Waals surface area contributed by atoms with E-state index < -0.39 is 0 Å². The predicted octanol–water partition coefficient (Wildman–Crippen LogP) is 18.0. The van der Waals surface area contributed by atoms with Gasteiger partial charge in [-0.1, -0.05) is 158 Å². The number of rotatable bonds is 8. The molecule has 13 rings (SSSR count). The molecule has 1 heterocycles. The summed E-state index contributed by atoms with van der Waals surface area (Å²) in [6, 6.07) is 94.9. The van der Waals surface area contributed by atoms with E-state index in [0.717, 1.165) is 39.8 Å². The van der Waals surface area contributed by atoms with Gasteiger partial charge >= 0.3 is 0 Å². The molecule has 3 heteroatoms. The van der Waals surface area contributed by atoms with E-state index in [-0.39, 0.29) is 0 Å². The van der Waals surface area contributed by atoms with Gasteiger partial charge in [-0.2, -0.15) is 0 Å². The minimum atomic E-state index is 1.07. The Morgan fingerprint density at radius 2 is 0.657 bits per heavy atom. The van der Waals surface area contributed by atoms with Crippen LogP contribution in [0.4, 0.5) is 34.1 Å². The van der Waals surface area contributed by atoms with E-state index in [9.17, 15) is 0 Å². The number of fused-ring (bicyclic) bond motifs is 10. The molecule has 1 aromatic heterocycles. The fourth-order valence-corrected chi connectivity index (χ4v) is 10.4. The van der Waals surface area contributed by atoms with Crippen molar-refractivity contribution >= 4 is 99.0 Å². The van der Waals surface area contributed by atoms with E-state index >= 15 is 0 Å². The first-order chi connectivity index (χ1) is 33.2. The van der Waals surface area contributed by atoms with Crippen molar-refractivity contribution in [1.29, 1.82) is 0 Å². The summed E-state index contributed by atoms with van der Waals surface area (Å²) in [4.78, 5) is 4.74. The van der Waals surface area contributed by atoms with E-state index in [1.807, 2.05) is 0 Å². The third kappa shape index (κ3) is 6.59. The van der Waals surface area contributed by atoms with E-state index in [2.05, 4.69) is 275 Å². The Morgan fingerprint density at radius 3 is 1.31 bits per heavy atom. The molecule has 0 aliphatic rings. The highest BCUT2D eigenvalue weighted by Gasteiger charge is 2.19. The lowest BCUT2D eigenvalue weighted by atomic mass is 9.94. The summed E-state index contributed by atoms with van der Waals surface area (Å²) in [6.07, 6.45) is 0. The van der Waals surface area contributed by atoms with Crippen LogP contribution in [0, 0.1) is 0 Å². The van der Waals surface area contributed by atoms with Crippen LogP contribution >= 0.6 is 0 Å². The summed E-state index contributed by atoms with van der Waals surface area (Å²) in [5, 5.41) is 12.5. The highest BCUT2D eigenvalue weighted by molar-refractivity contribution is 6.26. The average molecular weight is 854 g/mol. The Hall–Kier alpha value is -8.92. The third-order valence-corrected chi connectivity index (χ3v) is 13.5. The van der Waals surface area contributed by atoms with E-state index in [1.165, 1.54) is 76.0 Å². The Balaban J connectivity index is 0.947. The fraction of sp³-hybridized carbons (Fsp3) is 0. The molecule has 3 nitrogen and oxygen atoms in total. The summed E-state index contributed by atoms with van der Waals surface area (Å²) >= 11 is 0. The van der Waals surface area contributed by atoms with E-state index in [0.29, 0.717) is 0 Å². The zero-order chi connectivity index (χ0) is 44.3. The molecule has 0 bridgehead atoms. The van der Waals surface area contributed by atoms with Crippen LogP contribution in [0.2, 0.25) is 0 Å². The molecular formula is C64H43N3. The molecule has 0 aliphatic carbocycles. The summed E-state index contributed by atoms with van der Waals surface area (Å²) in [5.41, 5.74) is 12.5. The van der Waals surface area contributed by atoms with Crippen LogP contribution in [0.25, 0.3) is 81.7 Å². The minimum Gasteiger partial charge on any atom is -0.310 e. The first-order valence-corrected chi connectivity index (χ1v) is 23.0. The van der Waals surface area contributed by atoms with Gasteiger partial charge in [0.25, 0.3) is 0 Å². The summed E-state index contributed by atoms with van der Waals surface area (Å²) in [5.74, 6) is 0. The lowest BCUT2D eigenvalue weighted by molar-refractivity contribution is 1.18. The summed E-state index contributed by atoms with van der Waals surface area (Å²) < 4.78 is 2.37. The molecular weight excluding hydrogens is 811 g/mol. The van der Waals surface area contributed by atoms with Gasteiger partial charge in [0.05, 0.1) is 11.0 Å². The van der Waals surface area contributed by atoms with Crippen molar-refractivity contribution in [3.05, 3.63) is 261 Å². The van der Waals surface area contributed by atoms with E-state index in [1.54, 1.807) is 0 Å². The number of para-hydroxylation sites is 3. The monoisotopic (exact) mass is 853 g/mol. The van der Waals surface area contributed by atoms with Gasteiger partial charge in [0.1, 0.15) is 0 Å². The van der Waals surface area contributed by atoms with Crippen LogP contribution < -0.4 is 9.80 Å². The molecule has 0 amide bonds. The molecule has 0 unspecified atom stereocenters. The molecule has 12 aromatic carbocycles. The van der Waals surface area contributed by atoms with Gasteiger partial charge in [-0.05, 0) is 157 Å². The van der Waals surface area contributed by atoms with Gasteiger partial charge in [-0.15, -0.1) is 0 Å². The van der Waals surface area contributed by atoms with Gasteiger partial charge < -0.3 is 14.4 Å². The first-order valence-electron chi connectivity index (χ1n) is 23.0. The standard InChI is InChI=1S/C64H43N3/c1-3-17-48(18-4-1)65(53-33-29-44-15-7-8-16-46(44)41-53)51-34-36-52(37-35-51)66(54-38-39-59-57-23-10-9-21-55(57)56-22-11-12-24-58(56)61(59)43-54)50-31-27-45(28-32-50)47-30-40-64-62(42-47)60-25-13-14-26-63(60)67(64)49-19-5-2-6-20-49/h1-43H. The number of anilines is 6. The van der Waals surface area contributed by atoms with Crippen molar-refractivity contribution in [3.8, 4) is 16.8 Å². The van der Waals surface area contributed by atoms with Crippen molar-refractivity contribution in [2.24, 2.45) is 0 Å². The second-order valence-corrected chi connectivity index (χ2v) is 17.3. The van der Waals surface area contributed by atoms with Crippen molar-refractivity contribution in [1.82, 2.24) is 4.57 Å². The highest BCUT2D eigenvalue weighted by Crippen LogP contribution is 2.44. The number of nitrogens with zero attached hydrogens (tertiary/aromatic N) is 3. The number of benzene rings is 12. The molecule has 0 spiro atoms. The second kappa shape index (κ2) is 16.0. The van der Waals surface area contributed by atoms with Crippen molar-refractivity contribution in [2.45, 2.75) is 0 Å². The molecule has 0 N–H and O–H groups in total. The Morgan fingerprint density at radius 1 is 0.224 bits per heavy atom. The van der Waals surface area contributed by atoms with Gasteiger partial charge in [0.2, 0.25) is 0 Å². The highest BCUT2D eigenvalue weighted by atomic mass is 15.2. The number of hydrogen-bond donors (Lipinski definition) is 0. The fourth-order valence-electron chi connectivity index (χ4n) is 10.4. The second-order valence-electron chi connectivity index (χ2n) is 17.3. The van der Waals surface area contributed by atoms with Crippen LogP contribution in [0.3, 0.4) is 0 Å². The number of aromatic nitrogens is 1. The Labute approximate surface area is 389 Å². The zero-order valence-electron chi connectivity index (χ0n) is 36.7. The third-order valence-electron chi connectivity index (χ3n) is 13.5.